The summed E-state index contributed by atoms with van der Waals surface area (Å²) in [5.41, 5.74) is 0. The summed E-state index contributed by atoms with van der Waals surface area (Å²) >= 11 is 0. The fourth-order valence-electron chi connectivity index (χ4n) is 2.59. The number of nitrogens with zero attached hydrogens (tertiary/aromatic N) is 1. The predicted octanol–water partition coefficient (Wildman–Crippen LogP) is 1.27. The van der Waals surface area contributed by atoms with E-state index in [0.29, 0.717) is 31.5 Å². The van der Waals surface area contributed by atoms with Gasteiger partial charge in [-0.15, -0.1) is 6.58 Å². The van der Waals surface area contributed by atoms with Gasteiger partial charge < -0.3 is 5.32 Å². The normalized spacial score (nSPS) is 21.6. The van der Waals surface area contributed by atoms with Crippen molar-refractivity contribution in [2.45, 2.75) is 44.6 Å². The maximum Gasteiger partial charge on any atom is 0.220 e. The van der Waals surface area contributed by atoms with Crippen molar-refractivity contribution in [1.82, 2.24) is 9.62 Å². The summed E-state index contributed by atoms with van der Waals surface area (Å²) in [6.45, 7) is 4.63. The van der Waals surface area contributed by atoms with Crippen molar-refractivity contribution < 1.29 is 13.2 Å². The molecule has 1 N–H and O–H groups in total. The van der Waals surface area contributed by atoms with Crippen LogP contribution >= 0.6 is 0 Å². The number of sulfonamides is 1. The van der Waals surface area contributed by atoms with Gasteiger partial charge in [-0.25, -0.2) is 12.7 Å². The summed E-state index contributed by atoms with van der Waals surface area (Å²) < 4.78 is 25.3. The largest absolute Gasteiger partial charge is 0.353 e. The van der Waals surface area contributed by atoms with E-state index in [2.05, 4.69) is 11.9 Å². The minimum atomic E-state index is -3.16. The highest BCUT2D eigenvalue weighted by molar-refractivity contribution is 7.89. The Balaban J connectivity index is 1.68. The summed E-state index contributed by atoms with van der Waals surface area (Å²) in [7, 11) is -3.16. The molecule has 0 atom stereocenters. The van der Waals surface area contributed by atoms with Gasteiger partial charge in [0, 0.05) is 25.6 Å². The molecule has 1 saturated carbocycles. The Morgan fingerprint density at radius 1 is 1.25 bits per heavy atom. The maximum absolute atomic E-state index is 11.9. The van der Waals surface area contributed by atoms with Crippen molar-refractivity contribution in [3.05, 3.63) is 12.7 Å². The Morgan fingerprint density at radius 2 is 1.90 bits per heavy atom. The summed E-state index contributed by atoms with van der Waals surface area (Å²) in [6.07, 6.45) is 6.81. The van der Waals surface area contributed by atoms with Crippen LogP contribution < -0.4 is 5.32 Å². The molecule has 0 aromatic rings. The molecule has 1 saturated heterocycles. The first-order valence-electron chi connectivity index (χ1n) is 7.39. The molecule has 1 heterocycles. The van der Waals surface area contributed by atoms with E-state index >= 15 is 0 Å². The zero-order chi connectivity index (χ0) is 14.6. The molecule has 2 aliphatic rings. The molecule has 0 aromatic heterocycles. The van der Waals surface area contributed by atoms with Crippen LogP contribution in [0.25, 0.3) is 0 Å². The molecule has 6 heteroatoms. The fourth-order valence-corrected chi connectivity index (χ4v) is 3.87. The van der Waals surface area contributed by atoms with Gasteiger partial charge in [-0.2, -0.15) is 0 Å². The van der Waals surface area contributed by atoms with Gasteiger partial charge in [0.05, 0.1) is 5.75 Å². The first-order chi connectivity index (χ1) is 9.51. The molecule has 0 aromatic carbocycles. The molecule has 114 valence electrons. The molecule has 0 bridgehead atoms. The van der Waals surface area contributed by atoms with Gasteiger partial charge in [0.2, 0.25) is 15.9 Å². The van der Waals surface area contributed by atoms with Crippen LogP contribution in [-0.2, 0) is 14.8 Å². The highest BCUT2D eigenvalue weighted by atomic mass is 32.2. The summed E-state index contributed by atoms with van der Waals surface area (Å²) in [5.74, 6) is 0.630. The lowest BCUT2D eigenvalue weighted by Crippen LogP contribution is -2.39. The lowest BCUT2D eigenvalue weighted by Gasteiger charge is -2.30. The highest BCUT2D eigenvalue weighted by Gasteiger charge is 2.28. The van der Waals surface area contributed by atoms with Crippen molar-refractivity contribution in [3.63, 3.8) is 0 Å². The lowest BCUT2D eigenvalue weighted by molar-refractivity contribution is -0.121. The average molecular weight is 300 g/mol. The van der Waals surface area contributed by atoms with Crippen molar-refractivity contribution >= 4 is 15.9 Å². The van der Waals surface area contributed by atoms with E-state index in [1.54, 1.807) is 4.31 Å². The SMILES string of the molecule is C=CCS(=O)(=O)N1CCC(CCC(=O)NC2CC2)CC1. The molecule has 1 amide bonds. The van der Waals surface area contributed by atoms with Crippen molar-refractivity contribution in [1.29, 1.82) is 0 Å². The first kappa shape index (κ1) is 15.5. The predicted molar refractivity (Wildman–Crippen MR) is 78.7 cm³/mol. The zero-order valence-electron chi connectivity index (χ0n) is 11.9. The molecular formula is C14H24N2O3S. The lowest BCUT2D eigenvalue weighted by atomic mass is 9.93. The van der Waals surface area contributed by atoms with Crippen LogP contribution in [0.2, 0.25) is 0 Å². The van der Waals surface area contributed by atoms with Gasteiger partial charge in [-0.1, -0.05) is 6.08 Å². The molecule has 0 unspecified atom stereocenters. The van der Waals surface area contributed by atoms with Crippen LogP contribution in [0.1, 0.15) is 38.5 Å². The van der Waals surface area contributed by atoms with Gasteiger partial charge in [-0.3, -0.25) is 4.79 Å². The minimum Gasteiger partial charge on any atom is -0.353 e. The number of nitrogens with one attached hydrogen (secondary N) is 1. The van der Waals surface area contributed by atoms with Gasteiger partial charge in [0.15, 0.2) is 0 Å². The number of piperidine rings is 1. The Morgan fingerprint density at radius 3 is 2.45 bits per heavy atom. The molecule has 5 nitrogen and oxygen atoms in total. The van der Waals surface area contributed by atoms with Crippen LogP contribution in [0.15, 0.2) is 12.7 Å². The third-order valence-electron chi connectivity index (χ3n) is 4.02. The molecule has 20 heavy (non-hydrogen) atoms. The number of carbonyl (C=O) groups excluding carboxylic acids is 1. The van der Waals surface area contributed by atoms with E-state index in [0.717, 1.165) is 32.1 Å². The van der Waals surface area contributed by atoms with Gasteiger partial charge in [0.1, 0.15) is 0 Å². The molecule has 1 aliphatic heterocycles. The van der Waals surface area contributed by atoms with E-state index in [-0.39, 0.29) is 11.7 Å². The molecule has 1 aliphatic carbocycles. The average Bonchev–Trinajstić information content (AvgIpc) is 3.21. The van der Waals surface area contributed by atoms with Crippen LogP contribution in [0.4, 0.5) is 0 Å². The third-order valence-corrected chi connectivity index (χ3v) is 5.83. The van der Waals surface area contributed by atoms with E-state index < -0.39 is 10.0 Å². The maximum atomic E-state index is 11.9. The Bertz CT molecular complexity index is 449. The molecule has 0 radical (unpaired) electrons. The molecule has 0 spiro atoms. The van der Waals surface area contributed by atoms with Gasteiger partial charge in [0.25, 0.3) is 0 Å². The Hall–Kier alpha value is -0.880. The Labute approximate surface area is 121 Å². The third kappa shape index (κ3) is 4.59. The second-order valence-corrected chi connectivity index (χ2v) is 7.80. The van der Waals surface area contributed by atoms with E-state index in [4.69, 9.17) is 0 Å². The number of hydrogen-bond donors (Lipinski definition) is 1. The van der Waals surface area contributed by atoms with Crippen molar-refractivity contribution in [3.8, 4) is 0 Å². The second-order valence-electron chi connectivity index (χ2n) is 5.79. The summed E-state index contributed by atoms with van der Waals surface area (Å²) in [4.78, 5) is 11.6. The van der Waals surface area contributed by atoms with Gasteiger partial charge in [-0.05, 0) is 38.0 Å². The topological polar surface area (TPSA) is 66.5 Å². The highest BCUT2D eigenvalue weighted by Crippen LogP contribution is 2.24. The number of hydrogen-bond acceptors (Lipinski definition) is 3. The van der Waals surface area contributed by atoms with E-state index in [9.17, 15) is 13.2 Å². The fraction of sp³-hybridized carbons (Fsp3) is 0.786. The molecular weight excluding hydrogens is 276 g/mol. The summed E-state index contributed by atoms with van der Waals surface area (Å²) in [6, 6.07) is 0.424. The quantitative estimate of drug-likeness (QED) is 0.720. The smallest absolute Gasteiger partial charge is 0.220 e. The number of amides is 1. The van der Waals surface area contributed by atoms with Crippen LogP contribution in [0.5, 0.6) is 0 Å². The van der Waals surface area contributed by atoms with E-state index in [1.807, 2.05) is 0 Å². The number of rotatable bonds is 7. The molecule has 2 rings (SSSR count). The first-order valence-corrected chi connectivity index (χ1v) is 9.00. The summed E-state index contributed by atoms with van der Waals surface area (Å²) in [5, 5.41) is 2.99. The second kappa shape index (κ2) is 6.72. The van der Waals surface area contributed by atoms with Gasteiger partial charge >= 0.3 is 0 Å². The van der Waals surface area contributed by atoms with Crippen molar-refractivity contribution in [2.75, 3.05) is 18.8 Å². The number of carbonyl (C=O) groups is 1. The standard InChI is InChI=1S/C14H24N2O3S/c1-2-11-20(18,19)16-9-7-12(8-10-16)3-6-14(17)15-13-4-5-13/h2,12-13H,1,3-11H2,(H,15,17). The Kier molecular flexibility index (Phi) is 5.21. The zero-order valence-corrected chi connectivity index (χ0v) is 12.7. The molecule has 2 fully saturated rings. The van der Waals surface area contributed by atoms with Crippen LogP contribution in [-0.4, -0.2) is 43.5 Å². The van der Waals surface area contributed by atoms with Crippen LogP contribution in [0.3, 0.4) is 0 Å². The van der Waals surface area contributed by atoms with Crippen LogP contribution in [0, 0.1) is 5.92 Å². The minimum absolute atomic E-state index is 0.0153. The van der Waals surface area contributed by atoms with E-state index in [1.165, 1.54) is 6.08 Å². The van der Waals surface area contributed by atoms with Crippen molar-refractivity contribution in [2.24, 2.45) is 5.92 Å². The monoisotopic (exact) mass is 300 g/mol.